The molecule has 1 saturated heterocycles. The molecule has 1 fully saturated rings. The maximum atomic E-state index is 12.4. The van der Waals surface area contributed by atoms with E-state index in [2.05, 4.69) is 19.9 Å². The lowest BCUT2D eigenvalue weighted by atomic mass is 10.0. The summed E-state index contributed by atoms with van der Waals surface area (Å²) >= 11 is 0. The van der Waals surface area contributed by atoms with Gasteiger partial charge in [-0.1, -0.05) is 18.2 Å². The number of rotatable bonds is 5. The number of H-pyrrole nitrogens is 1. The smallest absolute Gasteiger partial charge is 0.240 e. The van der Waals surface area contributed by atoms with Crippen molar-refractivity contribution in [2.75, 3.05) is 13.2 Å². The highest BCUT2D eigenvalue weighted by Gasteiger charge is 2.32. The minimum atomic E-state index is -3.52. The lowest BCUT2D eigenvalue weighted by Gasteiger charge is -2.17. The van der Waals surface area contributed by atoms with Crippen molar-refractivity contribution in [2.45, 2.75) is 24.3 Å². The minimum Gasteiger partial charge on any atom is -0.370 e. The van der Waals surface area contributed by atoms with Gasteiger partial charge in [-0.2, -0.15) is 5.10 Å². The third-order valence-corrected chi connectivity index (χ3v) is 5.42. The van der Waals surface area contributed by atoms with Crippen molar-refractivity contribution in [3.8, 4) is 0 Å². The van der Waals surface area contributed by atoms with Crippen LogP contribution in [0.3, 0.4) is 0 Å². The molecule has 3 rings (SSSR count). The SMILES string of the molecule is Cc1ccccc1S(=O)(=O)NC[C@@H]1CCO[C@@H]1c1ncn[nH]1. The van der Waals surface area contributed by atoms with E-state index in [1.54, 1.807) is 25.1 Å². The number of nitrogens with one attached hydrogen (secondary N) is 2. The van der Waals surface area contributed by atoms with Gasteiger partial charge in [0.2, 0.25) is 10.0 Å². The molecule has 0 radical (unpaired) electrons. The zero-order valence-electron chi connectivity index (χ0n) is 12.2. The van der Waals surface area contributed by atoms with Crippen molar-refractivity contribution in [1.29, 1.82) is 0 Å². The fraction of sp³-hybridized carbons (Fsp3) is 0.429. The molecule has 0 saturated carbocycles. The van der Waals surface area contributed by atoms with Crippen molar-refractivity contribution in [1.82, 2.24) is 19.9 Å². The van der Waals surface area contributed by atoms with Gasteiger partial charge >= 0.3 is 0 Å². The van der Waals surface area contributed by atoms with Crippen LogP contribution in [0.4, 0.5) is 0 Å². The van der Waals surface area contributed by atoms with Crippen LogP contribution in [0.5, 0.6) is 0 Å². The number of nitrogens with zero attached hydrogens (tertiary/aromatic N) is 2. The maximum absolute atomic E-state index is 12.4. The number of sulfonamides is 1. The summed E-state index contributed by atoms with van der Waals surface area (Å²) in [5.74, 6) is 0.671. The lowest BCUT2D eigenvalue weighted by molar-refractivity contribution is 0.0848. The van der Waals surface area contributed by atoms with Crippen LogP contribution in [0, 0.1) is 12.8 Å². The van der Waals surface area contributed by atoms with Crippen molar-refractivity contribution in [3.63, 3.8) is 0 Å². The van der Waals surface area contributed by atoms with E-state index in [4.69, 9.17) is 4.74 Å². The zero-order valence-corrected chi connectivity index (χ0v) is 13.0. The second-order valence-corrected chi connectivity index (χ2v) is 7.06. The molecule has 2 aromatic rings. The average Bonchev–Trinajstić information content (AvgIpc) is 3.16. The van der Waals surface area contributed by atoms with Crippen LogP contribution >= 0.6 is 0 Å². The highest BCUT2D eigenvalue weighted by molar-refractivity contribution is 7.89. The van der Waals surface area contributed by atoms with Crippen LogP contribution in [0.1, 0.15) is 23.9 Å². The lowest BCUT2D eigenvalue weighted by Crippen LogP contribution is -2.31. The summed E-state index contributed by atoms with van der Waals surface area (Å²) in [6, 6.07) is 6.93. The van der Waals surface area contributed by atoms with E-state index in [1.165, 1.54) is 6.33 Å². The molecular formula is C14H18N4O3S. The first-order valence-corrected chi connectivity index (χ1v) is 8.58. The molecule has 0 unspecified atom stereocenters. The number of benzene rings is 1. The van der Waals surface area contributed by atoms with Crippen molar-refractivity contribution in [3.05, 3.63) is 42.0 Å². The molecule has 118 valence electrons. The highest BCUT2D eigenvalue weighted by Crippen LogP contribution is 2.32. The van der Waals surface area contributed by atoms with E-state index in [9.17, 15) is 8.42 Å². The second-order valence-electron chi connectivity index (χ2n) is 5.33. The quantitative estimate of drug-likeness (QED) is 0.861. The Morgan fingerprint density at radius 2 is 2.23 bits per heavy atom. The third kappa shape index (κ3) is 3.03. The van der Waals surface area contributed by atoms with Gasteiger partial charge in [0, 0.05) is 19.1 Å². The normalized spacial score (nSPS) is 22.0. The van der Waals surface area contributed by atoms with E-state index < -0.39 is 10.0 Å². The standard InChI is InChI=1S/C14H18N4O3S/c1-10-4-2-3-5-12(10)22(19,20)17-8-11-6-7-21-13(11)14-15-9-16-18-14/h2-5,9,11,13,17H,6-8H2,1H3,(H,15,16,18)/t11-,13-/m0/s1. The first kappa shape index (κ1) is 15.1. The van der Waals surface area contributed by atoms with Gasteiger partial charge in [-0.15, -0.1) is 0 Å². The largest absolute Gasteiger partial charge is 0.370 e. The van der Waals surface area contributed by atoms with Crippen LogP contribution in [-0.4, -0.2) is 36.8 Å². The average molecular weight is 322 g/mol. The number of aryl methyl sites for hydroxylation is 1. The summed E-state index contributed by atoms with van der Waals surface area (Å²) in [4.78, 5) is 4.41. The van der Waals surface area contributed by atoms with E-state index in [0.717, 1.165) is 12.0 Å². The summed E-state index contributed by atoms with van der Waals surface area (Å²) < 4.78 is 33.1. The molecule has 0 spiro atoms. The monoisotopic (exact) mass is 322 g/mol. The molecule has 0 bridgehead atoms. The van der Waals surface area contributed by atoms with Crippen LogP contribution < -0.4 is 4.72 Å². The molecule has 22 heavy (non-hydrogen) atoms. The summed E-state index contributed by atoms with van der Waals surface area (Å²) in [5, 5.41) is 6.60. The predicted molar refractivity (Wildman–Crippen MR) is 79.6 cm³/mol. The van der Waals surface area contributed by atoms with E-state index >= 15 is 0 Å². The Labute approximate surface area is 129 Å². The molecule has 7 nitrogen and oxygen atoms in total. The van der Waals surface area contributed by atoms with E-state index in [1.807, 2.05) is 6.07 Å². The van der Waals surface area contributed by atoms with Gasteiger partial charge < -0.3 is 4.74 Å². The van der Waals surface area contributed by atoms with Crippen molar-refractivity contribution >= 4 is 10.0 Å². The Balaban J connectivity index is 1.70. The third-order valence-electron chi connectivity index (χ3n) is 3.84. The summed E-state index contributed by atoms with van der Waals surface area (Å²) in [5.41, 5.74) is 0.726. The summed E-state index contributed by atoms with van der Waals surface area (Å²) in [7, 11) is -3.52. The maximum Gasteiger partial charge on any atom is 0.240 e. The molecule has 2 atom stereocenters. The Morgan fingerprint density at radius 3 is 2.95 bits per heavy atom. The van der Waals surface area contributed by atoms with Crippen LogP contribution in [-0.2, 0) is 14.8 Å². The van der Waals surface area contributed by atoms with Gasteiger partial charge in [0.25, 0.3) is 0 Å². The van der Waals surface area contributed by atoms with Gasteiger partial charge in [0.05, 0.1) is 4.90 Å². The van der Waals surface area contributed by atoms with Crippen LogP contribution in [0.25, 0.3) is 0 Å². The molecule has 1 aromatic carbocycles. The molecule has 0 amide bonds. The van der Waals surface area contributed by atoms with Crippen molar-refractivity contribution in [2.24, 2.45) is 5.92 Å². The summed E-state index contributed by atoms with van der Waals surface area (Å²) in [6.45, 7) is 2.68. The molecule has 1 aromatic heterocycles. The fourth-order valence-electron chi connectivity index (χ4n) is 2.65. The molecule has 1 aliphatic heterocycles. The first-order valence-electron chi connectivity index (χ1n) is 7.10. The van der Waals surface area contributed by atoms with Gasteiger partial charge in [-0.05, 0) is 25.0 Å². The summed E-state index contributed by atoms with van der Waals surface area (Å²) in [6.07, 6.45) is 1.95. The number of aromatic nitrogens is 3. The number of aromatic amines is 1. The number of hydrogen-bond donors (Lipinski definition) is 2. The van der Waals surface area contributed by atoms with E-state index in [0.29, 0.717) is 23.9 Å². The van der Waals surface area contributed by atoms with Gasteiger partial charge in [0.1, 0.15) is 12.4 Å². The Morgan fingerprint density at radius 1 is 1.41 bits per heavy atom. The Bertz CT molecular complexity index is 730. The van der Waals surface area contributed by atoms with Crippen LogP contribution in [0.2, 0.25) is 0 Å². The molecule has 0 aliphatic carbocycles. The topological polar surface area (TPSA) is 97.0 Å². The predicted octanol–water partition coefficient (Wildman–Crippen LogP) is 1.17. The zero-order chi connectivity index (χ0) is 15.6. The van der Waals surface area contributed by atoms with Gasteiger partial charge in [-0.3, -0.25) is 5.10 Å². The molecule has 2 heterocycles. The van der Waals surface area contributed by atoms with Gasteiger partial charge in [0.15, 0.2) is 5.82 Å². The highest BCUT2D eigenvalue weighted by atomic mass is 32.2. The number of ether oxygens (including phenoxy) is 1. The Hall–Kier alpha value is -1.77. The number of hydrogen-bond acceptors (Lipinski definition) is 5. The molecule has 1 aliphatic rings. The molecule has 8 heteroatoms. The van der Waals surface area contributed by atoms with Crippen LogP contribution in [0.15, 0.2) is 35.5 Å². The molecule has 2 N–H and O–H groups in total. The van der Waals surface area contributed by atoms with Crippen molar-refractivity contribution < 1.29 is 13.2 Å². The molecular weight excluding hydrogens is 304 g/mol. The first-order chi connectivity index (χ1) is 10.6. The fourth-order valence-corrected chi connectivity index (χ4v) is 3.99. The minimum absolute atomic E-state index is 0.0340. The van der Waals surface area contributed by atoms with E-state index in [-0.39, 0.29) is 12.0 Å². The second kappa shape index (κ2) is 6.15. The van der Waals surface area contributed by atoms with Gasteiger partial charge in [-0.25, -0.2) is 18.1 Å². The Kier molecular flexibility index (Phi) is 4.23.